The average molecular weight is 234 g/mol. The van der Waals surface area contributed by atoms with Crippen molar-refractivity contribution in [2.75, 3.05) is 12.4 Å². The van der Waals surface area contributed by atoms with Gasteiger partial charge in [0, 0.05) is 12.0 Å². The first kappa shape index (κ1) is 11.1. The van der Waals surface area contributed by atoms with Crippen molar-refractivity contribution >= 4 is 18.2 Å². The minimum absolute atomic E-state index is 0.729. The number of thioether (sulfide) groups is 1. The van der Waals surface area contributed by atoms with E-state index in [-0.39, 0.29) is 0 Å². The molecule has 0 fully saturated rings. The fourth-order valence-corrected chi connectivity index (χ4v) is 2.53. The number of carbonyl (C=O) groups excluding carboxylic acids is 1. The van der Waals surface area contributed by atoms with Crippen LogP contribution in [0.1, 0.15) is 5.56 Å². The summed E-state index contributed by atoms with van der Waals surface area (Å²) in [7, 11) is 0. The van der Waals surface area contributed by atoms with Crippen LogP contribution >= 0.6 is 11.8 Å². The summed E-state index contributed by atoms with van der Waals surface area (Å²) < 4.78 is 0. The molecule has 1 aromatic rings. The van der Waals surface area contributed by atoms with Gasteiger partial charge in [-0.15, -0.1) is 11.8 Å². The van der Waals surface area contributed by atoms with Gasteiger partial charge in [-0.1, -0.05) is 30.3 Å². The molecule has 0 unspecified atom stereocenters. The maximum absolute atomic E-state index is 10.4. The highest BCUT2D eigenvalue weighted by Gasteiger charge is 2.14. The van der Waals surface area contributed by atoms with Gasteiger partial charge < -0.3 is 10.2 Å². The zero-order chi connectivity index (χ0) is 11.2. The molecule has 1 heterocycles. The first-order valence-corrected chi connectivity index (χ1v) is 6.26. The second kappa shape index (κ2) is 5.61. The van der Waals surface area contributed by atoms with Crippen LogP contribution in [0.3, 0.4) is 0 Å². The molecule has 1 aliphatic rings. The summed E-state index contributed by atoms with van der Waals surface area (Å²) in [5.74, 6) is 1.83. The Morgan fingerprint density at radius 3 is 2.94 bits per heavy atom. The highest BCUT2D eigenvalue weighted by Crippen LogP contribution is 2.20. The van der Waals surface area contributed by atoms with E-state index >= 15 is 0 Å². The summed E-state index contributed by atoms with van der Waals surface area (Å²) >= 11 is 1.71. The number of nitrogens with one attached hydrogen (secondary N) is 1. The molecule has 0 aliphatic carbocycles. The SMILES string of the molecule is O=CNC1=CSCN1CCc1ccccc1. The Balaban J connectivity index is 1.86. The van der Waals surface area contributed by atoms with Crippen molar-refractivity contribution in [1.82, 2.24) is 10.2 Å². The van der Waals surface area contributed by atoms with Crippen LogP contribution in [0.2, 0.25) is 0 Å². The zero-order valence-corrected chi connectivity index (χ0v) is 9.74. The molecule has 16 heavy (non-hydrogen) atoms. The van der Waals surface area contributed by atoms with Crippen LogP contribution in [0.4, 0.5) is 0 Å². The van der Waals surface area contributed by atoms with E-state index in [1.807, 2.05) is 11.5 Å². The maximum atomic E-state index is 10.4. The molecule has 3 nitrogen and oxygen atoms in total. The molecular weight excluding hydrogens is 220 g/mol. The molecule has 1 aliphatic heterocycles. The number of carbonyl (C=O) groups is 1. The molecule has 0 spiro atoms. The van der Waals surface area contributed by atoms with Crippen molar-refractivity contribution in [1.29, 1.82) is 0 Å². The maximum Gasteiger partial charge on any atom is 0.212 e. The molecule has 0 saturated heterocycles. The summed E-state index contributed by atoms with van der Waals surface area (Å²) in [5.41, 5.74) is 1.32. The highest BCUT2D eigenvalue weighted by molar-refractivity contribution is 8.02. The van der Waals surface area contributed by atoms with E-state index in [4.69, 9.17) is 0 Å². The Kier molecular flexibility index (Phi) is 3.88. The molecule has 4 heteroatoms. The van der Waals surface area contributed by atoms with Crippen LogP contribution < -0.4 is 5.32 Å². The van der Waals surface area contributed by atoms with Crippen molar-refractivity contribution in [2.24, 2.45) is 0 Å². The number of benzene rings is 1. The van der Waals surface area contributed by atoms with E-state index < -0.39 is 0 Å². The van der Waals surface area contributed by atoms with Crippen LogP contribution in [0.25, 0.3) is 0 Å². The first-order chi connectivity index (χ1) is 7.90. The van der Waals surface area contributed by atoms with Gasteiger partial charge in [-0.2, -0.15) is 0 Å². The second-order valence-electron chi connectivity index (χ2n) is 3.56. The molecule has 0 radical (unpaired) electrons. The van der Waals surface area contributed by atoms with E-state index in [2.05, 4.69) is 34.5 Å². The molecule has 0 atom stereocenters. The minimum atomic E-state index is 0.729. The smallest absolute Gasteiger partial charge is 0.212 e. The fourth-order valence-electron chi connectivity index (χ4n) is 1.63. The zero-order valence-electron chi connectivity index (χ0n) is 8.93. The van der Waals surface area contributed by atoms with Crippen LogP contribution in [0.5, 0.6) is 0 Å². The van der Waals surface area contributed by atoms with Gasteiger partial charge in [-0.3, -0.25) is 4.79 Å². The lowest BCUT2D eigenvalue weighted by atomic mass is 10.1. The van der Waals surface area contributed by atoms with Crippen LogP contribution in [-0.4, -0.2) is 23.7 Å². The Hall–Kier alpha value is -1.42. The predicted octanol–water partition coefficient (Wildman–Crippen LogP) is 1.78. The molecular formula is C12H14N2OS. The standard InChI is InChI=1S/C12H14N2OS/c15-9-13-12-8-16-10-14(12)7-6-11-4-2-1-3-5-11/h1-5,8-9H,6-7,10H2,(H,13,15). The molecule has 84 valence electrons. The molecule has 0 bridgehead atoms. The summed E-state index contributed by atoms with van der Waals surface area (Å²) in [6, 6.07) is 10.4. The van der Waals surface area contributed by atoms with Crippen LogP contribution in [0.15, 0.2) is 41.6 Å². The predicted molar refractivity (Wildman–Crippen MR) is 66.6 cm³/mol. The molecule has 0 aromatic heterocycles. The topological polar surface area (TPSA) is 32.3 Å². The lowest BCUT2D eigenvalue weighted by Gasteiger charge is -2.20. The quantitative estimate of drug-likeness (QED) is 0.788. The Morgan fingerprint density at radius 1 is 1.38 bits per heavy atom. The van der Waals surface area contributed by atoms with E-state index in [9.17, 15) is 4.79 Å². The molecule has 2 rings (SSSR count). The number of rotatable bonds is 5. The number of hydrogen-bond acceptors (Lipinski definition) is 3. The van der Waals surface area contributed by atoms with Crippen LogP contribution in [0, 0.1) is 0 Å². The normalized spacial score (nSPS) is 14.8. The molecule has 0 saturated carbocycles. The number of amides is 1. The third-order valence-electron chi connectivity index (χ3n) is 2.49. The minimum Gasteiger partial charge on any atom is -0.348 e. The lowest BCUT2D eigenvalue weighted by Crippen LogP contribution is -2.29. The van der Waals surface area contributed by atoms with E-state index in [1.54, 1.807) is 11.8 Å². The van der Waals surface area contributed by atoms with Crippen molar-refractivity contribution in [3.8, 4) is 0 Å². The van der Waals surface area contributed by atoms with Gasteiger partial charge in [0.05, 0.1) is 5.88 Å². The highest BCUT2D eigenvalue weighted by atomic mass is 32.2. The fraction of sp³-hybridized carbons (Fsp3) is 0.250. The van der Waals surface area contributed by atoms with E-state index in [0.29, 0.717) is 0 Å². The lowest BCUT2D eigenvalue weighted by molar-refractivity contribution is -0.109. The van der Waals surface area contributed by atoms with Crippen molar-refractivity contribution < 1.29 is 4.79 Å². The Morgan fingerprint density at radius 2 is 2.19 bits per heavy atom. The second-order valence-corrected chi connectivity index (χ2v) is 4.39. The number of hydrogen-bond donors (Lipinski definition) is 1. The summed E-state index contributed by atoms with van der Waals surface area (Å²) in [4.78, 5) is 12.6. The van der Waals surface area contributed by atoms with Gasteiger partial charge in [0.15, 0.2) is 0 Å². The molecule has 1 N–H and O–H groups in total. The number of nitrogens with zero attached hydrogens (tertiary/aromatic N) is 1. The van der Waals surface area contributed by atoms with E-state index in [0.717, 1.165) is 31.1 Å². The largest absolute Gasteiger partial charge is 0.348 e. The Bertz CT molecular complexity index is 378. The molecule has 1 aromatic carbocycles. The monoisotopic (exact) mass is 234 g/mol. The van der Waals surface area contributed by atoms with Gasteiger partial charge in [0.25, 0.3) is 0 Å². The van der Waals surface area contributed by atoms with Crippen molar-refractivity contribution in [3.63, 3.8) is 0 Å². The van der Waals surface area contributed by atoms with E-state index in [1.165, 1.54) is 5.56 Å². The van der Waals surface area contributed by atoms with Gasteiger partial charge in [-0.25, -0.2) is 0 Å². The molecule has 1 amide bonds. The Labute approximate surface area is 99.5 Å². The van der Waals surface area contributed by atoms with Crippen molar-refractivity contribution in [3.05, 3.63) is 47.1 Å². The van der Waals surface area contributed by atoms with Gasteiger partial charge in [0.1, 0.15) is 5.82 Å². The summed E-state index contributed by atoms with van der Waals surface area (Å²) in [6.45, 7) is 0.934. The third kappa shape index (κ3) is 2.79. The van der Waals surface area contributed by atoms with Gasteiger partial charge in [-0.05, 0) is 12.0 Å². The van der Waals surface area contributed by atoms with Gasteiger partial charge in [0.2, 0.25) is 6.41 Å². The first-order valence-electron chi connectivity index (χ1n) is 5.21. The van der Waals surface area contributed by atoms with Gasteiger partial charge >= 0.3 is 0 Å². The van der Waals surface area contributed by atoms with Crippen molar-refractivity contribution in [2.45, 2.75) is 6.42 Å². The van der Waals surface area contributed by atoms with Crippen LogP contribution in [-0.2, 0) is 11.2 Å². The average Bonchev–Trinajstić information content (AvgIpc) is 2.76. The summed E-state index contributed by atoms with van der Waals surface area (Å²) in [5, 5.41) is 4.70. The third-order valence-corrected chi connectivity index (χ3v) is 3.34. The summed E-state index contributed by atoms with van der Waals surface area (Å²) in [6.07, 6.45) is 1.73.